The maximum atomic E-state index is 13.3. The van der Waals surface area contributed by atoms with Crippen molar-refractivity contribution in [1.82, 2.24) is 10.3 Å². The lowest BCUT2D eigenvalue weighted by Gasteiger charge is -2.22. The van der Waals surface area contributed by atoms with E-state index in [0.29, 0.717) is 24.3 Å². The van der Waals surface area contributed by atoms with Crippen molar-refractivity contribution in [3.63, 3.8) is 0 Å². The molecule has 2 aliphatic rings. The third kappa shape index (κ3) is 3.77. The molecule has 5 heteroatoms. The second-order valence-electron chi connectivity index (χ2n) is 7.08. The van der Waals surface area contributed by atoms with Crippen LogP contribution < -0.4 is 10.2 Å². The van der Waals surface area contributed by atoms with Crippen LogP contribution in [0.25, 0.3) is 6.08 Å². The van der Waals surface area contributed by atoms with Crippen LogP contribution in [0.15, 0.2) is 54.9 Å². The predicted molar refractivity (Wildman–Crippen MR) is 100.0 cm³/mol. The van der Waals surface area contributed by atoms with Gasteiger partial charge in [0.25, 0.3) is 0 Å². The summed E-state index contributed by atoms with van der Waals surface area (Å²) in [5.74, 6) is 1.80. The summed E-state index contributed by atoms with van der Waals surface area (Å²) < 4.78 is 13.3. The highest BCUT2D eigenvalue weighted by atomic mass is 19.1. The highest BCUT2D eigenvalue weighted by Gasteiger charge is 2.54. The summed E-state index contributed by atoms with van der Waals surface area (Å²) in [5.41, 5.74) is 1.89. The molecule has 1 saturated carbocycles. The van der Waals surface area contributed by atoms with Crippen LogP contribution in [0, 0.1) is 23.6 Å². The van der Waals surface area contributed by atoms with E-state index in [9.17, 15) is 9.18 Å². The molecule has 1 amide bonds. The molecule has 1 aliphatic carbocycles. The zero-order valence-electron chi connectivity index (χ0n) is 14.5. The smallest absolute Gasteiger partial charge is 0.244 e. The number of amides is 1. The second kappa shape index (κ2) is 7.28. The SMILES string of the molecule is O=C(/C=C/c1cccnc1)NCC[C@@H]1[C@H]2CN(c3cccc(F)c3)C[C@@H]12. The first-order chi connectivity index (χ1) is 12.7. The fourth-order valence-electron chi connectivity index (χ4n) is 4.03. The van der Waals surface area contributed by atoms with E-state index >= 15 is 0 Å². The lowest BCUT2D eigenvalue weighted by Crippen LogP contribution is -2.26. The number of hydrogen-bond donors (Lipinski definition) is 1. The van der Waals surface area contributed by atoms with Crippen LogP contribution in [0.3, 0.4) is 0 Å². The molecule has 1 aliphatic heterocycles. The van der Waals surface area contributed by atoms with Gasteiger partial charge in [-0.1, -0.05) is 12.1 Å². The van der Waals surface area contributed by atoms with Crippen molar-refractivity contribution in [3.05, 3.63) is 66.2 Å². The van der Waals surface area contributed by atoms with Crippen molar-refractivity contribution in [1.29, 1.82) is 0 Å². The summed E-state index contributed by atoms with van der Waals surface area (Å²) >= 11 is 0. The number of hydrogen-bond acceptors (Lipinski definition) is 3. The minimum Gasteiger partial charge on any atom is -0.371 e. The lowest BCUT2D eigenvalue weighted by molar-refractivity contribution is -0.116. The molecule has 3 atom stereocenters. The molecular weight excluding hydrogens is 329 g/mol. The van der Waals surface area contributed by atoms with E-state index in [1.54, 1.807) is 36.7 Å². The minimum absolute atomic E-state index is 0.0685. The zero-order chi connectivity index (χ0) is 17.9. The molecule has 1 aromatic heterocycles. The molecule has 0 bridgehead atoms. The Morgan fingerprint density at radius 2 is 2.12 bits per heavy atom. The van der Waals surface area contributed by atoms with Gasteiger partial charge in [0.15, 0.2) is 0 Å². The molecule has 2 aromatic rings. The summed E-state index contributed by atoms with van der Waals surface area (Å²) in [6.07, 6.45) is 7.76. The van der Waals surface area contributed by atoms with Gasteiger partial charge < -0.3 is 10.2 Å². The molecule has 2 heterocycles. The molecule has 26 heavy (non-hydrogen) atoms. The van der Waals surface area contributed by atoms with Crippen LogP contribution >= 0.6 is 0 Å². The number of anilines is 1. The molecule has 134 valence electrons. The van der Waals surface area contributed by atoms with Gasteiger partial charge in [0.1, 0.15) is 5.82 Å². The molecule has 2 fully saturated rings. The number of nitrogens with one attached hydrogen (secondary N) is 1. The van der Waals surface area contributed by atoms with E-state index in [4.69, 9.17) is 0 Å². The summed E-state index contributed by atoms with van der Waals surface area (Å²) in [7, 11) is 0. The fraction of sp³-hybridized carbons (Fsp3) is 0.333. The van der Waals surface area contributed by atoms with Crippen molar-refractivity contribution in [2.75, 3.05) is 24.5 Å². The molecule has 4 nitrogen and oxygen atoms in total. The van der Waals surface area contributed by atoms with Gasteiger partial charge in [0, 0.05) is 43.8 Å². The number of halogens is 1. The normalized spacial score (nSPS) is 23.9. The molecule has 0 unspecified atom stereocenters. The second-order valence-corrected chi connectivity index (χ2v) is 7.08. The van der Waals surface area contributed by atoms with Crippen molar-refractivity contribution in [2.45, 2.75) is 6.42 Å². The Bertz CT molecular complexity index is 796. The standard InChI is InChI=1S/C21H22FN3O/c22-16-4-1-5-17(11-16)25-13-19-18(20(19)14-25)8-10-24-21(26)7-6-15-3-2-9-23-12-15/h1-7,9,11-12,18-20H,8,10,13-14H2,(H,24,26)/b7-6+/t18-,19-,20+. The van der Waals surface area contributed by atoms with E-state index in [2.05, 4.69) is 15.2 Å². The lowest BCUT2D eigenvalue weighted by atomic mass is 10.2. The Balaban J connectivity index is 1.18. The largest absolute Gasteiger partial charge is 0.371 e. The number of rotatable bonds is 6. The first kappa shape index (κ1) is 16.8. The maximum absolute atomic E-state index is 13.3. The van der Waals surface area contributed by atoms with E-state index in [1.165, 1.54) is 6.07 Å². The van der Waals surface area contributed by atoms with Gasteiger partial charge in [-0.05, 0) is 60.1 Å². The maximum Gasteiger partial charge on any atom is 0.244 e. The van der Waals surface area contributed by atoms with Crippen LogP contribution in [0.5, 0.6) is 0 Å². The number of pyridine rings is 1. The van der Waals surface area contributed by atoms with Gasteiger partial charge in [0.2, 0.25) is 5.91 Å². The average molecular weight is 351 g/mol. The Labute approximate surface area is 152 Å². The summed E-state index contributed by atoms with van der Waals surface area (Å²) in [6, 6.07) is 10.6. The number of carbonyl (C=O) groups is 1. The molecule has 4 rings (SSSR count). The number of fused-ring (bicyclic) bond motifs is 1. The third-order valence-corrected chi connectivity index (χ3v) is 5.43. The summed E-state index contributed by atoms with van der Waals surface area (Å²) in [5, 5.41) is 2.95. The molecule has 0 spiro atoms. The first-order valence-electron chi connectivity index (χ1n) is 9.07. The van der Waals surface area contributed by atoms with Gasteiger partial charge in [-0.25, -0.2) is 4.39 Å². The monoisotopic (exact) mass is 351 g/mol. The van der Waals surface area contributed by atoms with Gasteiger partial charge in [0.05, 0.1) is 0 Å². The number of aromatic nitrogens is 1. The van der Waals surface area contributed by atoms with Crippen LogP contribution in [-0.4, -0.2) is 30.5 Å². The van der Waals surface area contributed by atoms with Gasteiger partial charge >= 0.3 is 0 Å². The van der Waals surface area contributed by atoms with Crippen LogP contribution in [0.1, 0.15) is 12.0 Å². The number of carbonyl (C=O) groups excluding carboxylic acids is 1. The van der Waals surface area contributed by atoms with Crippen LogP contribution in [0.2, 0.25) is 0 Å². The number of nitrogens with zero attached hydrogens (tertiary/aromatic N) is 2. The zero-order valence-corrected chi connectivity index (χ0v) is 14.5. The number of piperidine rings is 1. The molecule has 0 radical (unpaired) electrons. The highest BCUT2D eigenvalue weighted by molar-refractivity contribution is 5.91. The fourth-order valence-corrected chi connectivity index (χ4v) is 4.03. The molecule has 1 saturated heterocycles. The average Bonchev–Trinajstić information content (AvgIpc) is 3.10. The Morgan fingerprint density at radius 1 is 1.27 bits per heavy atom. The first-order valence-corrected chi connectivity index (χ1v) is 9.07. The highest BCUT2D eigenvalue weighted by Crippen LogP contribution is 2.54. The summed E-state index contributed by atoms with van der Waals surface area (Å²) in [6.45, 7) is 2.69. The van der Waals surface area contributed by atoms with E-state index in [1.807, 2.05) is 18.2 Å². The van der Waals surface area contributed by atoms with E-state index in [0.717, 1.165) is 30.8 Å². The molecular formula is C21H22FN3O. The van der Waals surface area contributed by atoms with Crippen molar-refractivity contribution >= 4 is 17.7 Å². The predicted octanol–water partition coefficient (Wildman–Crippen LogP) is 3.12. The Morgan fingerprint density at radius 3 is 2.85 bits per heavy atom. The van der Waals surface area contributed by atoms with Crippen LogP contribution in [0.4, 0.5) is 10.1 Å². The molecule has 1 aromatic carbocycles. The molecule has 1 N–H and O–H groups in total. The van der Waals surface area contributed by atoms with Gasteiger partial charge in [-0.15, -0.1) is 0 Å². The van der Waals surface area contributed by atoms with Crippen molar-refractivity contribution in [2.24, 2.45) is 17.8 Å². The van der Waals surface area contributed by atoms with Crippen LogP contribution in [-0.2, 0) is 4.79 Å². The topological polar surface area (TPSA) is 45.2 Å². The van der Waals surface area contributed by atoms with Gasteiger partial charge in [-0.2, -0.15) is 0 Å². The number of benzene rings is 1. The van der Waals surface area contributed by atoms with E-state index in [-0.39, 0.29) is 11.7 Å². The summed E-state index contributed by atoms with van der Waals surface area (Å²) in [4.78, 5) is 18.2. The van der Waals surface area contributed by atoms with Crippen molar-refractivity contribution < 1.29 is 9.18 Å². The minimum atomic E-state index is -0.179. The van der Waals surface area contributed by atoms with E-state index < -0.39 is 0 Å². The Kier molecular flexibility index (Phi) is 4.69. The van der Waals surface area contributed by atoms with Gasteiger partial charge in [-0.3, -0.25) is 9.78 Å². The quantitative estimate of drug-likeness (QED) is 0.814. The van der Waals surface area contributed by atoms with Crippen molar-refractivity contribution in [3.8, 4) is 0 Å². The third-order valence-electron chi connectivity index (χ3n) is 5.43. The Hall–Kier alpha value is -2.69.